The molecule has 31 heavy (non-hydrogen) atoms. The molecule has 0 saturated carbocycles. The van der Waals surface area contributed by atoms with Crippen LogP contribution in [0.4, 0.5) is 5.69 Å². The van der Waals surface area contributed by atoms with Crippen molar-refractivity contribution in [1.29, 1.82) is 0 Å². The highest BCUT2D eigenvalue weighted by Crippen LogP contribution is 2.25. The SMILES string of the molecule is Cc1cccc(-c2nnc(-c3ccc(C(=O)Nc4ccc5[nH]c(=O)[nH]c5c4)cc3)o2)c1. The molecule has 3 N–H and O–H groups in total. The van der Waals surface area contributed by atoms with Gasteiger partial charge in [-0.25, -0.2) is 4.79 Å². The topological polar surface area (TPSA) is 117 Å². The molecule has 0 bridgehead atoms. The monoisotopic (exact) mass is 411 g/mol. The summed E-state index contributed by atoms with van der Waals surface area (Å²) in [6, 6.07) is 19.9. The molecule has 0 fully saturated rings. The highest BCUT2D eigenvalue weighted by Gasteiger charge is 2.12. The quantitative estimate of drug-likeness (QED) is 0.411. The molecule has 5 aromatic rings. The van der Waals surface area contributed by atoms with E-state index in [1.807, 2.05) is 31.2 Å². The molecule has 152 valence electrons. The molecule has 2 aromatic heterocycles. The van der Waals surface area contributed by atoms with Crippen LogP contribution in [0.3, 0.4) is 0 Å². The summed E-state index contributed by atoms with van der Waals surface area (Å²) in [5.74, 6) is 0.554. The lowest BCUT2D eigenvalue weighted by molar-refractivity contribution is 0.102. The molecule has 0 aliphatic heterocycles. The van der Waals surface area contributed by atoms with Crippen LogP contribution in [0.15, 0.2) is 75.9 Å². The lowest BCUT2D eigenvalue weighted by Crippen LogP contribution is -2.11. The van der Waals surface area contributed by atoms with Gasteiger partial charge in [-0.1, -0.05) is 17.7 Å². The van der Waals surface area contributed by atoms with Crippen molar-refractivity contribution in [1.82, 2.24) is 20.2 Å². The third kappa shape index (κ3) is 3.74. The summed E-state index contributed by atoms with van der Waals surface area (Å²) in [5, 5.41) is 11.1. The second-order valence-electron chi connectivity index (χ2n) is 7.15. The summed E-state index contributed by atoms with van der Waals surface area (Å²) in [4.78, 5) is 29.3. The minimum absolute atomic E-state index is 0.269. The number of anilines is 1. The van der Waals surface area contributed by atoms with E-state index in [9.17, 15) is 9.59 Å². The van der Waals surface area contributed by atoms with E-state index in [2.05, 4.69) is 25.5 Å². The Morgan fingerprint density at radius 3 is 2.39 bits per heavy atom. The Morgan fingerprint density at radius 2 is 1.61 bits per heavy atom. The normalized spacial score (nSPS) is 11.0. The number of nitrogens with zero attached hydrogens (tertiary/aromatic N) is 2. The zero-order valence-corrected chi connectivity index (χ0v) is 16.5. The zero-order valence-electron chi connectivity index (χ0n) is 16.5. The van der Waals surface area contributed by atoms with Crippen molar-refractivity contribution in [2.45, 2.75) is 6.92 Å². The van der Waals surface area contributed by atoms with Gasteiger partial charge in [0.2, 0.25) is 11.8 Å². The average molecular weight is 411 g/mol. The Hall–Kier alpha value is -4.46. The second-order valence-corrected chi connectivity index (χ2v) is 7.15. The summed E-state index contributed by atoms with van der Waals surface area (Å²) in [6.07, 6.45) is 0. The minimum atomic E-state index is -0.291. The Morgan fingerprint density at radius 1 is 0.871 bits per heavy atom. The van der Waals surface area contributed by atoms with Gasteiger partial charge in [-0.3, -0.25) is 4.79 Å². The van der Waals surface area contributed by atoms with Crippen molar-refractivity contribution in [2.75, 3.05) is 5.32 Å². The van der Waals surface area contributed by atoms with E-state index in [1.165, 1.54) is 0 Å². The second kappa shape index (κ2) is 7.42. The van der Waals surface area contributed by atoms with E-state index in [1.54, 1.807) is 42.5 Å². The molecule has 0 saturated heterocycles. The number of aryl methyl sites for hydroxylation is 1. The Labute approximate surface area is 176 Å². The van der Waals surface area contributed by atoms with Crippen molar-refractivity contribution in [2.24, 2.45) is 0 Å². The zero-order chi connectivity index (χ0) is 21.4. The Kier molecular flexibility index (Phi) is 4.44. The molecule has 8 heteroatoms. The summed E-state index contributed by atoms with van der Waals surface area (Å²) in [7, 11) is 0. The van der Waals surface area contributed by atoms with Gasteiger partial charge in [0.15, 0.2) is 0 Å². The Balaban J connectivity index is 1.33. The smallest absolute Gasteiger partial charge is 0.323 e. The third-order valence-electron chi connectivity index (χ3n) is 4.86. The van der Waals surface area contributed by atoms with Gasteiger partial charge in [-0.05, 0) is 61.5 Å². The van der Waals surface area contributed by atoms with Crippen molar-refractivity contribution in [3.63, 3.8) is 0 Å². The maximum absolute atomic E-state index is 12.6. The number of fused-ring (bicyclic) bond motifs is 1. The van der Waals surface area contributed by atoms with Gasteiger partial charge in [0.05, 0.1) is 11.0 Å². The van der Waals surface area contributed by atoms with Gasteiger partial charge in [0.1, 0.15) is 0 Å². The minimum Gasteiger partial charge on any atom is -0.416 e. The first-order valence-corrected chi connectivity index (χ1v) is 9.59. The molecular formula is C23H17N5O3. The number of carbonyl (C=O) groups excluding carboxylic acids is 1. The van der Waals surface area contributed by atoms with Crippen molar-refractivity contribution >= 4 is 22.6 Å². The summed E-state index contributed by atoms with van der Waals surface area (Å²) < 4.78 is 5.79. The summed E-state index contributed by atoms with van der Waals surface area (Å²) in [6.45, 7) is 2.00. The number of H-pyrrole nitrogens is 2. The molecule has 0 radical (unpaired) electrons. The number of imidazole rings is 1. The molecule has 5 rings (SSSR count). The number of aromatic amines is 2. The van der Waals surface area contributed by atoms with E-state index in [-0.39, 0.29) is 11.6 Å². The molecule has 2 heterocycles. The number of hydrogen-bond acceptors (Lipinski definition) is 5. The number of aromatic nitrogens is 4. The number of benzene rings is 3. The summed E-state index contributed by atoms with van der Waals surface area (Å²) in [5.41, 5.74) is 4.75. The molecule has 0 aliphatic carbocycles. The van der Waals surface area contributed by atoms with Crippen molar-refractivity contribution in [3.8, 4) is 22.9 Å². The predicted octanol–water partition coefficient (Wildman–Crippen LogP) is 4.13. The van der Waals surface area contributed by atoms with Crippen LogP contribution in [-0.4, -0.2) is 26.1 Å². The number of nitrogens with one attached hydrogen (secondary N) is 3. The fourth-order valence-corrected chi connectivity index (χ4v) is 3.31. The van der Waals surface area contributed by atoms with Gasteiger partial charge in [-0.15, -0.1) is 10.2 Å². The fraction of sp³-hybridized carbons (Fsp3) is 0.0435. The van der Waals surface area contributed by atoms with Gasteiger partial charge < -0.3 is 19.7 Å². The first-order chi connectivity index (χ1) is 15.0. The van der Waals surface area contributed by atoms with Crippen LogP contribution in [0.25, 0.3) is 33.9 Å². The molecular weight excluding hydrogens is 394 g/mol. The maximum Gasteiger partial charge on any atom is 0.323 e. The van der Waals surface area contributed by atoms with Crippen LogP contribution in [0.2, 0.25) is 0 Å². The van der Waals surface area contributed by atoms with Crippen molar-refractivity contribution < 1.29 is 9.21 Å². The van der Waals surface area contributed by atoms with E-state index in [0.717, 1.165) is 11.1 Å². The van der Waals surface area contributed by atoms with Gasteiger partial charge in [0.25, 0.3) is 5.91 Å². The molecule has 0 aliphatic rings. The Bertz CT molecular complexity index is 1460. The lowest BCUT2D eigenvalue weighted by atomic mass is 10.1. The average Bonchev–Trinajstić information content (AvgIpc) is 3.40. The van der Waals surface area contributed by atoms with E-state index >= 15 is 0 Å². The van der Waals surface area contributed by atoms with Crippen LogP contribution in [0, 0.1) is 6.92 Å². The van der Waals surface area contributed by atoms with Crippen LogP contribution >= 0.6 is 0 Å². The van der Waals surface area contributed by atoms with Crippen molar-refractivity contribution in [3.05, 3.63) is 88.3 Å². The fourth-order valence-electron chi connectivity index (χ4n) is 3.31. The standard InChI is InChI=1S/C23H17N5O3/c1-13-3-2-4-16(11-13)22-28-27-21(31-22)15-7-5-14(6-8-15)20(29)24-17-9-10-18-19(12-17)26-23(30)25-18/h2-12H,1H3,(H,24,29)(H2,25,26,30). The molecule has 8 nitrogen and oxygen atoms in total. The van der Waals surface area contributed by atoms with E-state index < -0.39 is 0 Å². The van der Waals surface area contributed by atoms with Crippen LogP contribution < -0.4 is 11.0 Å². The first-order valence-electron chi connectivity index (χ1n) is 9.59. The van der Waals surface area contributed by atoms with E-state index in [0.29, 0.717) is 39.6 Å². The third-order valence-corrected chi connectivity index (χ3v) is 4.86. The number of carbonyl (C=O) groups is 1. The number of amides is 1. The lowest BCUT2D eigenvalue weighted by Gasteiger charge is -2.06. The first kappa shape index (κ1) is 18.6. The van der Waals surface area contributed by atoms with E-state index in [4.69, 9.17) is 4.42 Å². The number of hydrogen-bond donors (Lipinski definition) is 3. The summed E-state index contributed by atoms with van der Waals surface area (Å²) >= 11 is 0. The highest BCUT2D eigenvalue weighted by atomic mass is 16.4. The van der Waals surface area contributed by atoms with Gasteiger partial charge >= 0.3 is 5.69 Å². The van der Waals surface area contributed by atoms with Crippen LogP contribution in [-0.2, 0) is 0 Å². The molecule has 0 atom stereocenters. The highest BCUT2D eigenvalue weighted by molar-refractivity contribution is 6.05. The van der Waals surface area contributed by atoms with Crippen LogP contribution in [0.5, 0.6) is 0 Å². The maximum atomic E-state index is 12.6. The van der Waals surface area contributed by atoms with Crippen LogP contribution in [0.1, 0.15) is 15.9 Å². The molecule has 0 unspecified atom stereocenters. The molecule has 1 amide bonds. The molecule has 3 aromatic carbocycles. The largest absolute Gasteiger partial charge is 0.416 e. The van der Waals surface area contributed by atoms with Gasteiger partial charge in [0, 0.05) is 22.4 Å². The number of rotatable bonds is 4. The predicted molar refractivity (Wildman–Crippen MR) is 117 cm³/mol. The van der Waals surface area contributed by atoms with Gasteiger partial charge in [-0.2, -0.15) is 0 Å². The molecule has 0 spiro atoms.